The number of rotatable bonds is 4. The van der Waals surface area contributed by atoms with E-state index in [1.165, 1.54) is 17.8 Å². The number of fused-ring (bicyclic) bond motifs is 1. The lowest BCUT2D eigenvalue weighted by Crippen LogP contribution is -2.47. The number of H-pyrrole nitrogens is 1. The minimum Gasteiger partial charge on any atom is -0.355 e. The second-order valence-corrected chi connectivity index (χ2v) is 7.74. The van der Waals surface area contributed by atoms with E-state index in [0.29, 0.717) is 12.2 Å². The molecular formula is C22H22FN7. The van der Waals surface area contributed by atoms with Crippen molar-refractivity contribution >= 4 is 17.0 Å². The van der Waals surface area contributed by atoms with Crippen LogP contribution < -0.4 is 10.6 Å². The fraction of sp³-hybridized carbons (Fsp3) is 0.273. The van der Waals surface area contributed by atoms with E-state index in [1.807, 2.05) is 12.1 Å². The van der Waals surface area contributed by atoms with Gasteiger partial charge in [0.25, 0.3) is 0 Å². The highest BCUT2D eigenvalue weighted by molar-refractivity contribution is 5.82. The quantitative estimate of drug-likeness (QED) is 0.544. The van der Waals surface area contributed by atoms with Crippen molar-refractivity contribution < 1.29 is 4.39 Å². The van der Waals surface area contributed by atoms with Crippen LogP contribution in [0.15, 0.2) is 55.4 Å². The van der Waals surface area contributed by atoms with Gasteiger partial charge in [-0.1, -0.05) is 24.3 Å². The summed E-state index contributed by atoms with van der Waals surface area (Å²) in [4.78, 5) is 22.3. The first-order chi connectivity index (χ1) is 14.7. The molecule has 0 aliphatic carbocycles. The Labute approximate surface area is 173 Å². The van der Waals surface area contributed by atoms with Gasteiger partial charge in [-0.25, -0.2) is 19.3 Å². The van der Waals surface area contributed by atoms with Crippen molar-refractivity contribution in [3.8, 4) is 11.1 Å². The average Bonchev–Trinajstić information content (AvgIpc) is 3.28. The van der Waals surface area contributed by atoms with Crippen LogP contribution in [0.25, 0.3) is 22.3 Å². The number of aromatic nitrogens is 5. The molecular weight excluding hydrogens is 381 g/mol. The van der Waals surface area contributed by atoms with Crippen molar-refractivity contribution in [2.75, 3.05) is 24.5 Å². The van der Waals surface area contributed by atoms with Gasteiger partial charge in [0, 0.05) is 36.8 Å². The van der Waals surface area contributed by atoms with Crippen LogP contribution in [0, 0.1) is 5.82 Å². The van der Waals surface area contributed by atoms with Gasteiger partial charge in [0.2, 0.25) is 0 Å². The molecule has 1 aliphatic rings. The number of nitrogens with zero attached hydrogens (tertiary/aromatic N) is 5. The first-order valence-corrected chi connectivity index (χ1v) is 9.99. The molecule has 0 bridgehead atoms. The van der Waals surface area contributed by atoms with Gasteiger partial charge in [-0.15, -0.1) is 0 Å². The minimum atomic E-state index is -0.338. The molecule has 1 aliphatic heterocycles. The Morgan fingerprint density at radius 2 is 1.93 bits per heavy atom. The van der Waals surface area contributed by atoms with Crippen molar-refractivity contribution in [2.45, 2.75) is 18.3 Å². The van der Waals surface area contributed by atoms with Gasteiger partial charge in [0.1, 0.15) is 17.7 Å². The van der Waals surface area contributed by atoms with E-state index in [4.69, 9.17) is 5.73 Å². The van der Waals surface area contributed by atoms with Gasteiger partial charge < -0.3 is 15.6 Å². The largest absolute Gasteiger partial charge is 0.355 e. The molecule has 0 atom stereocenters. The Bertz CT molecular complexity index is 1180. The van der Waals surface area contributed by atoms with E-state index in [-0.39, 0.29) is 11.2 Å². The van der Waals surface area contributed by atoms with Gasteiger partial charge in [-0.3, -0.25) is 4.98 Å². The van der Waals surface area contributed by atoms with Crippen molar-refractivity contribution in [3.05, 3.63) is 66.8 Å². The monoisotopic (exact) mass is 403 g/mol. The van der Waals surface area contributed by atoms with Gasteiger partial charge in [-0.2, -0.15) is 0 Å². The molecule has 3 aromatic heterocycles. The number of hydrogen-bond acceptors (Lipinski definition) is 6. The van der Waals surface area contributed by atoms with Gasteiger partial charge >= 0.3 is 0 Å². The van der Waals surface area contributed by atoms with E-state index in [9.17, 15) is 4.39 Å². The van der Waals surface area contributed by atoms with E-state index < -0.39 is 0 Å². The number of anilines is 1. The third kappa shape index (κ3) is 3.19. The molecule has 4 heterocycles. The van der Waals surface area contributed by atoms with Crippen LogP contribution in [0.1, 0.15) is 18.4 Å². The number of halogens is 1. The molecule has 0 amide bonds. The van der Waals surface area contributed by atoms with Crippen molar-refractivity contribution in [1.29, 1.82) is 0 Å². The lowest BCUT2D eigenvalue weighted by Gasteiger charge is -2.42. The number of hydrogen-bond donors (Lipinski definition) is 2. The normalized spacial score (nSPS) is 16.1. The highest BCUT2D eigenvalue weighted by atomic mass is 19.1. The van der Waals surface area contributed by atoms with Crippen molar-refractivity contribution in [2.24, 2.45) is 5.73 Å². The first kappa shape index (κ1) is 18.6. The SMILES string of the molecule is NCC1(c2cccc(-c3cncc(F)c3)c2)CCN(c2ncnc3nc[nH]c23)CC1. The molecule has 152 valence electrons. The fourth-order valence-corrected chi connectivity index (χ4v) is 4.35. The Morgan fingerprint density at radius 3 is 2.73 bits per heavy atom. The van der Waals surface area contributed by atoms with Gasteiger partial charge in [0.05, 0.1) is 12.5 Å². The fourth-order valence-electron chi connectivity index (χ4n) is 4.35. The van der Waals surface area contributed by atoms with Crippen LogP contribution in [0.5, 0.6) is 0 Å². The summed E-state index contributed by atoms with van der Waals surface area (Å²) in [6.07, 6.45) is 7.89. The highest BCUT2D eigenvalue weighted by Gasteiger charge is 2.36. The maximum atomic E-state index is 13.6. The maximum absolute atomic E-state index is 13.6. The lowest BCUT2D eigenvalue weighted by molar-refractivity contribution is 0.339. The predicted octanol–water partition coefficient (Wildman–Crippen LogP) is 3.05. The Hall–Kier alpha value is -3.39. The summed E-state index contributed by atoms with van der Waals surface area (Å²) < 4.78 is 13.6. The molecule has 0 unspecified atom stereocenters. The van der Waals surface area contributed by atoms with E-state index in [1.54, 1.807) is 18.9 Å². The Balaban J connectivity index is 1.42. The highest BCUT2D eigenvalue weighted by Crippen LogP contribution is 2.38. The molecule has 5 rings (SSSR count). The first-order valence-electron chi connectivity index (χ1n) is 9.99. The number of pyridine rings is 1. The second-order valence-electron chi connectivity index (χ2n) is 7.74. The molecule has 1 saturated heterocycles. The van der Waals surface area contributed by atoms with Crippen LogP contribution in [0.3, 0.4) is 0 Å². The predicted molar refractivity (Wildman–Crippen MR) is 113 cm³/mol. The van der Waals surface area contributed by atoms with Crippen LogP contribution in [0.2, 0.25) is 0 Å². The molecule has 1 aromatic carbocycles. The van der Waals surface area contributed by atoms with Crippen LogP contribution in [-0.4, -0.2) is 44.6 Å². The number of imidazole rings is 1. The third-order valence-corrected chi connectivity index (χ3v) is 6.13. The average molecular weight is 403 g/mol. The second kappa shape index (κ2) is 7.46. The van der Waals surface area contributed by atoms with E-state index >= 15 is 0 Å². The molecule has 30 heavy (non-hydrogen) atoms. The number of aromatic amines is 1. The number of benzene rings is 1. The Kier molecular flexibility index (Phi) is 4.63. The van der Waals surface area contributed by atoms with Gasteiger partial charge in [0.15, 0.2) is 11.5 Å². The Morgan fingerprint density at radius 1 is 1.07 bits per heavy atom. The van der Waals surface area contributed by atoms with Crippen LogP contribution >= 0.6 is 0 Å². The summed E-state index contributed by atoms with van der Waals surface area (Å²) >= 11 is 0. The smallest absolute Gasteiger partial charge is 0.182 e. The lowest BCUT2D eigenvalue weighted by atomic mass is 9.72. The van der Waals surface area contributed by atoms with E-state index in [0.717, 1.165) is 48.4 Å². The summed E-state index contributed by atoms with van der Waals surface area (Å²) in [5.41, 5.74) is 10.6. The minimum absolute atomic E-state index is 0.132. The maximum Gasteiger partial charge on any atom is 0.182 e. The van der Waals surface area contributed by atoms with Crippen molar-refractivity contribution in [1.82, 2.24) is 24.9 Å². The van der Waals surface area contributed by atoms with Crippen molar-refractivity contribution in [3.63, 3.8) is 0 Å². The van der Waals surface area contributed by atoms with Crippen LogP contribution in [-0.2, 0) is 5.41 Å². The topological polar surface area (TPSA) is 96.6 Å². The summed E-state index contributed by atoms with van der Waals surface area (Å²) in [5, 5.41) is 0. The van der Waals surface area contributed by atoms with E-state index in [2.05, 4.69) is 42.0 Å². The third-order valence-electron chi connectivity index (χ3n) is 6.13. The zero-order valence-electron chi connectivity index (χ0n) is 16.4. The molecule has 0 radical (unpaired) electrons. The zero-order chi connectivity index (χ0) is 20.6. The zero-order valence-corrected chi connectivity index (χ0v) is 16.4. The summed E-state index contributed by atoms with van der Waals surface area (Å²) in [7, 11) is 0. The molecule has 3 N–H and O–H groups in total. The standard InChI is InChI=1S/C22H22FN7/c23-18-9-16(10-25-11-18)15-2-1-3-17(8-15)22(12-24)4-6-30(7-5-22)21-19-20(27-13-26-19)28-14-29-21/h1-3,8-11,13-14H,4-7,12,24H2,(H,26,27,28,29). The summed E-state index contributed by atoms with van der Waals surface area (Å²) in [6, 6.07) is 9.74. The molecule has 4 aromatic rings. The molecule has 7 nitrogen and oxygen atoms in total. The van der Waals surface area contributed by atoms with Crippen LogP contribution in [0.4, 0.5) is 10.2 Å². The number of nitrogens with one attached hydrogen (secondary N) is 1. The number of piperidine rings is 1. The molecule has 0 spiro atoms. The molecule has 1 fully saturated rings. The number of nitrogens with two attached hydrogens (primary N) is 1. The van der Waals surface area contributed by atoms with Gasteiger partial charge in [-0.05, 0) is 30.0 Å². The summed E-state index contributed by atoms with van der Waals surface area (Å²) in [6.45, 7) is 2.21. The molecule has 8 heteroatoms. The molecule has 0 saturated carbocycles. The summed E-state index contributed by atoms with van der Waals surface area (Å²) in [5.74, 6) is 0.539.